The number of aliphatic carboxylic acids is 1. The fourth-order valence-electron chi connectivity index (χ4n) is 2.03. The molecule has 0 atom stereocenters. The number of hydrogen-bond donors (Lipinski definition) is 1. The van der Waals surface area contributed by atoms with Crippen LogP contribution >= 0.6 is 0 Å². The van der Waals surface area contributed by atoms with E-state index in [0.717, 1.165) is 18.5 Å². The molecule has 0 saturated heterocycles. The molecule has 0 radical (unpaired) electrons. The maximum Gasteiger partial charge on any atom is 0.324 e. The number of rotatable bonds is 8. The van der Waals surface area contributed by atoms with Gasteiger partial charge >= 0.3 is 12.0 Å². The molecule has 0 saturated carbocycles. The van der Waals surface area contributed by atoms with Crippen molar-refractivity contribution in [3.63, 3.8) is 0 Å². The number of carbonyl (C=O) groups excluding carboxylic acids is 1. The minimum atomic E-state index is -0.832. The molecule has 0 aliphatic rings. The summed E-state index contributed by atoms with van der Waals surface area (Å²) in [5, 5.41) is 8.65. The Kier molecular flexibility index (Phi) is 7.29. The van der Waals surface area contributed by atoms with Gasteiger partial charge in [-0.1, -0.05) is 31.5 Å². The Labute approximate surface area is 126 Å². The normalized spacial score (nSPS) is 10.2. The molecule has 0 aliphatic heterocycles. The van der Waals surface area contributed by atoms with Crippen LogP contribution in [0.15, 0.2) is 30.3 Å². The first-order valence-corrected chi connectivity index (χ1v) is 7.35. The van der Waals surface area contributed by atoms with Crippen molar-refractivity contribution in [2.75, 3.05) is 25.0 Å². The molecule has 0 unspecified atom stereocenters. The van der Waals surface area contributed by atoms with Gasteiger partial charge in [0.2, 0.25) is 0 Å². The summed E-state index contributed by atoms with van der Waals surface area (Å²) in [5.74, 6) is -0.832. The van der Waals surface area contributed by atoms with Crippen LogP contribution in [0.5, 0.6) is 0 Å². The van der Waals surface area contributed by atoms with E-state index in [2.05, 4.69) is 6.92 Å². The van der Waals surface area contributed by atoms with E-state index in [-0.39, 0.29) is 12.5 Å². The number of para-hydroxylation sites is 1. The van der Waals surface area contributed by atoms with Crippen molar-refractivity contribution in [3.8, 4) is 0 Å². The molecule has 1 rings (SSSR count). The maximum absolute atomic E-state index is 12.5. The van der Waals surface area contributed by atoms with E-state index in [4.69, 9.17) is 5.11 Å². The maximum atomic E-state index is 12.5. The highest BCUT2D eigenvalue weighted by atomic mass is 16.4. The van der Waals surface area contributed by atoms with Gasteiger partial charge in [0.15, 0.2) is 0 Å². The van der Waals surface area contributed by atoms with Gasteiger partial charge in [-0.15, -0.1) is 0 Å². The van der Waals surface area contributed by atoms with Gasteiger partial charge < -0.3 is 10.0 Å². The molecular formula is C16H24N2O3. The van der Waals surface area contributed by atoms with Crippen LogP contribution in [0.4, 0.5) is 10.5 Å². The highest BCUT2D eigenvalue weighted by molar-refractivity contribution is 5.91. The van der Waals surface area contributed by atoms with Crippen LogP contribution in [0, 0.1) is 0 Å². The third-order valence-corrected chi connectivity index (χ3v) is 3.24. The number of carbonyl (C=O) groups is 2. The molecule has 0 heterocycles. The third kappa shape index (κ3) is 5.85. The van der Waals surface area contributed by atoms with Crippen molar-refractivity contribution in [1.29, 1.82) is 0 Å². The Balaban J connectivity index is 2.68. The largest absolute Gasteiger partial charge is 0.481 e. The summed E-state index contributed by atoms with van der Waals surface area (Å²) in [6.45, 7) is 3.20. The first-order valence-electron chi connectivity index (χ1n) is 7.35. The topological polar surface area (TPSA) is 60.9 Å². The molecule has 0 fully saturated rings. The van der Waals surface area contributed by atoms with E-state index >= 15 is 0 Å². The zero-order chi connectivity index (χ0) is 15.7. The van der Waals surface area contributed by atoms with Crippen LogP contribution < -0.4 is 4.90 Å². The van der Waals surface area contributed by atoms with E-state index in [0.29, 0.717) is 19.5 Å². The summed E-state index contributed by atoms with van der Waals surface area (Å²) in [6, 6.07) is 9.48. The SMILES string of the molecule is CCCCN(C(=O)N(C)CCCC(=O)O)c1ccccc1. The van der Waals surface area contributed by atoms with Gasteiger partial charge in [0.25, 0.3) is 0 Å². The minimum Gasteiger partial charge on any atom is -0.481 e. The van der Waals surface area contributed by atoms with Crippen LogP contribution in [-0.4, -0.2) is 42.1 Å². The first kappa shape index (κ1) is 17.0. The highest BCUT2D eigenvalue weighted by Gasteiger charge is 2.19. The number of benzene rings is 1. The van der Waals surface area contributed by atoms with Gasteiger partial charge in [-0.3, -0.25) is 9.69 Å². The minimum absolute atomic E-state index is 0.0813. The van der Waals surface area contributed by atoms with Gasteiger partial charge in [-0.2, -0.15) is 0 Å². The summed E-state index contributed by atoms with van der Waals surface area (Å²) in [7, 11) is 1.71. The van der Waals surface area contributed by atoms with Crippen molar-refractivity contribution in [1.82, 2.24) is 4.90 Å². The average molecular weight is 292 g/mol. The van der Waals surface area contributed by atoms with Crippen LogP contribution in [0.3, 0.4) is 0 Å². The molecule has 21 heavy (non-hydrogen) atoms. The second-order valence-electron chi connectivity index (χ2n) is 5.04. The standard InChI is InChI=1S/C16H24N2O3/c1-3-4-13-18(14-9-6-5-7-10-14)16(21)17(2)12-8-11-15(19)20/h5-7,9-10H,3-4,8,11-13H2,1-2H3,(H,19,20). The van der Waals surface area contributed by atoms with Gasteiger partial charge in [0.1, 0.15) is 0 Å². The second-order valence-corrected chi connectivity index (χ2v) is 5.04. The summed E-state index contributed by atoms with van der Waals surface area (Å²) < 4.78 is 0. The fourth-order valence-corrected chi connectivity index (χ4v) is 2.03. The van der Waals surface area contributed by atoms with Gasteiger partial charge in [-0.25, -0.2) is 4.79 Å². The van der Waals surface area contributed by atoms with Crippen molar-refractivity contribution < 1.29 is 14.7 Å². The summed E-state index contributed by atoms with van der Waals surface area (Å²) in [5.41, 5.74) is 0.876. The molecule has 1 aromatic rings. The smallest absolute Gasteiger partial charge is 0.324 e. The van der Waals surface area contributed by atoms with Crippen LogP contribution in [-0.2, 0) is 4.79 Å². The van der Waals surface area contributed by atoms with Crippen molar-refractivity contribution in [2.24, 2.45) is 0 Å². The van der Waals surface area contributed by atoms with Crippen molar-refractivity contribution in [2.45, 2.75) is 32.6 Å². The molecule has 2 amide bonds. The predicted molar refractivity (Wildman–Crippen MR) is 83.6 cm³/mol. The number of urea groups is 1. The molecule has 0 spiro atoms. The number of anilines is 1. The van der Waals surface area contributed by atoms with Crippen LogP contribution in [0.25, 0.3) is 0 Å². The fraction of sp³-hybridized carbons (Fsp3) is 0.500. The number of hydrogen-bond acceptors (Lipinski definition) is 2. The number of nitrogens with zero attached hydrogens (tertiary/aromatic N) is 2. The molecule has 116 valence electrons. The molecule has 0 aromatic heterocycles. The van der Waals surface area contributed by atoms with Gasteiger partial charge in [0.05, 0.1) is 0 Å². The lowest BCUT2D eigenvalue weighted by atomic mass is 10.2. The molecule has 0 bridgehead atoms. The van der Waals surface area contributed by atoms with E-state index in [1.807, 2.05) is 30.3 Å². The molecule has 0 aliphatic carbocycles. The van der Waals surface area contributed by atoms with E-state index in [1.54, 1.807) is 16.8 Å². The Morgan fingerprint density at radius 1 is 1.10 bits per heavy atom. The summed E-state index contributed by atoms with van der Waals surface area (Å²) in [4.78, 5) is 26.4. The molecular weight excluding hydrogens is 268 g/mol. The lowest BCUT2D eigenvalue weighted by Crippen LogP contribution is -2.42. The number of carboxylic acid groups (broad SMARTS) is 1. The molecule has 5 nitrogen and oxygen atoms in total. The highest BCUT2D eigenvalue weighted by Crippen LogP contribution is 2.16. The summed E-state index contributed by atoms with van der Waals surface area (Å²) >= 11 is 0. The zero-order valence-electron chi connectivity index (χ0n) is 12.8. The Bertz CT molecular complexity index is 448. The average Bonchev–Trinajstić information content (AvgIpc) is 2.48. The zero-order valence-corrected chi connectivity index (χ0v) is 12.8. The molecule has 5 heteroatoms. The Hall–Kier alpha value is -2.04. The molecule has 1 N–H and O–H groups in total. The van der Waals surface area contributed by atoms with Crippen molar-refractivity contribution in [3.05, 3.63) is 30.3 Å². The quantitative estimate of drug-likeness (QED) is 0.800. The van der Waals surface area contributed by atoms with Crippen molar-refractivity contribution >= 4 is 17.7 Å². The van der Waals surface area contributed by atoms with E-state index < -0.39 is 5.97 Å². The lowest BCUT2D eigenvalue weighted by Gasteiger charge is -2.28. The van der Waals surface area contributed by atoms with Gasteiger partial charge in [-0.05, 0) is 25.0 Å². The van der Waals surface area contributed by atoms with E-state index in [9.17, 15) is 9.59 Å². The monoisotopic (exact) mass is 292 g/mol. The third-order valence-electron chi connectivity index (χ3n) is 3.24. The first-order chi connectivity index (χ1) is 10.1. The summed E-state index contributed by atoms with van der Waals surface area (Å²) in [6.07, 6.45) is 2.49. The van der Waals surface area contributed by atoms with Crippen LogP contribution in [0.2, 0.25) is 0 Å². The second kappa shape index (κ2) is 9.00. The van der Waals surface area contributed by atoms with Gasteiger partial charge in [0, 0.05) is 32.2 Å². The molecule has 1 aromatic carbocycles. The van der Waals surface area contributed by atoms with Crippen LogP contribution in [0.1, 0.15) is 32.6 Å². The Morgan fingerprint density at radius 3 is 2.33 bits per heavy atom. The number of carboxylic acids is 1. The number of amides is 2. The Morgan fingerprint density at radius 2 is 1.76 bits per heavy atom. The number of unbranched alkanes of at least 4 members (excludes halogenated alkanes) is 1. The lowest BCUT2D eigenvalue weighted by molar-refractivity contribution is -0.137. The predicted octanol–water partition coefficient (Wildman–Crippen LogP) is 3.21. The van der Waals surface area contributed by atoms with E-state index in [1.165, 1.54) is 0 Å².